The molecular weight excluding hydrogens is 426 g/mol. The smallest absolute Gasteiger partial charge is 0.269 e. The molecule has 3 aromatic rings. The highest BCUT2D eigenvalue weighted by molar-refractivity contribution is 6.30. The molecule has 4 rings (SSSR count). The number of rotatable bonds is 7. The Morgan fingerprint density at radius 2 is 1.81 bits per heavy atom. The van der Waals surface area contributed by atoms with Crippen molar-refractivity contribution in [1.82, 2.24) is 9.47 Å². The molecule has 0 radical (unpaired) electrons. The first-order chi connectivity index (χ1) is 15.5. The molecule has 0 aliphatic heterocycles. The number of carbonyl (C=O) groups is 1. The van der Waals surface area contributed by atoms with Gasteiger partial charge in [-0.3, -0.25) is 14.9 Å². The molecule has 1 heterocycles. The minimum atomic E-state index is -0.449. The molecule has 2 aromatic carbocycles. The summed E-state index contributed by atoms with van der Waals surface area (Å²) in [6.45, 7) is 1.17. The molecule has 32 heavy (non-hydrogen) atoms. The number of aromatic nitrogens is 1. The normalized spacial score (nSPS) is 14.3. The monoisotopic (exact) mass is 451 g/mol. The lowest BCUT2D eigenvalue weighted by molar-refractivity contribution is -0.384. The fraction of sp³-hybridized carbons (Fsp3) is 0.320. The van der Waals surface area contributed by atoms with E-state index in [-0.39, 0.29) is 17.6 Å². The van der Waals surface area contributed by atoms with Crippen LogP contribution in [0.3, 0.4) is 0 Å². The van der Waals surface area contributed by atoms with Crippen LogP contribution in [-0.2, 0) is 13.1 Å². The van der Waals surface area contributed by atoms with E-state index in [0.717, 1.165) is 36.9 Å². The largest absolute Gasteiger partial charge is 0.345 e. The zero-order chi connectivity index (χ0) is 22.5. The number of nitrogens with zero attached hydrogens (tertiary/aromatic N) is 3. The van der Waals surface area contributed by atoms with Gasteiger partial charge < -0.3 is 9.47 Å². The summed E-state index contributed by atoms with van der Waals surface area (Å²) in [6.07, 6.45) is 7.39. The van der Waals surface area contributed by atoms with Crippen LogP contribution in [0.25, 0.3) is 0 Å². The minimum Gasteiger partial charge on any atom is -0.345 e. The Bertz CT molecular complexity index is 1090. The Hall–Kier alpha value is -3.12. The van der Waals surface area contributed by atoms with E-state index in [2.05, 4.69) is 4.57 Å². The second kappa shape index (κ2) is 10.0. The lowest BCUT2D eigenvalue weighted by atomic mass is 9.93. The summed E-state index contributed by atoms with van der Waals surface area (Å²) in [6, 6.07) is 17.9. The van der Waals surface area contributed by atoms with Gasteiger partial charge in [0.05, 0.1) is 11.5 Å². The minimum absolute atomic E-state index is 0.0128. The summed E-state index contributed by atoms with van der Waals surface area (Å²) in [5.41, 5.74) is 2.61. The first-order valence-corrected chi connectivity index (χ1v) is 11.3. The van der Waals surface area contributed by atoms with E-state index in [9.17, 15) is 14.9 Å². The number of amides is 1. The summed E-state index contributed by atoms with van der Waals surface area (Å²) in [5.74, 6) is -0.0812. The van der Waals surface area contributed by atoms with Gasteiger partial charge in [-0.05, 0) is 54.8 Å². The Morgan fingerprint density at radius 1 is 1.06 bits per heavy atom. The predicted octanol–water partition coefficient (Wildman–Crippen LogP) is 6.07. The van der Waals surface area contributed by atoms with Crippen LogP contribution in [0.15, 0.2) is 66.9 Å². The van der Waals surface area contributed by atoms with Crippen molar-refractivity contribution in [3.63, 3.8) is 0 Å². The van der Waals surface area contributed by atoms with E-state index in [4.69, 9.17) is 11.6 Å². The molecule has 1 fully saturated rings. The standard InChI is InChI=1S/C25H26ClN3O3/c26-21-7-4-6-19(16-21)17-27-15-5-10-24(27)18-28(22-8-2-1-3-9-22)25(30)20-11-13-23(14-12-20)29(31)32/h4-7,10-16,22H,1-3,8-9,17-18H2. The Morgan fingerprint density at radius 3 is 2.50 bits per heavy atom. The van der Waals surface area contributed by atoms with Crippen molar-refractivity contribution in [1.29, 1.82) is 0 Å². The molecule has 1 saturated carbocycles. The number of benzene rings is 2. The molecule has 1 aliphatic carbocycles. The summed E-state index contributed by atoms with van der Waals surface area (Å²) >= 11 is 6.15. The van der Waals surface area contributed by atoms with Crippen LogP contribution < -0.4 is 0 Å². The average Bonchev–Trinajstić information content (AvgIpc) is 3.24. The average molecular weight is 452 g/mol. The second-order valence-electron chi connectivity index (χ2n) is 8.29. The van der Waals surface area contributed by atoms with Crippen molar-refractivity contribution in [3.05, 3.63) is 98.8 Å². The van der Waals surface area contributed by atoms with Gasteiger partial charge in [0, 0.05) is 47.2 Å². The molecule has 0 bridgehead atoms. The van der Waals surface area contributed by atoms with Crippen LogP contribution in [-0.4, -0.2) is 26.3 Å². The summed E-state index contributed by atoms with van der Waals surface area (Å²) in [4.78, 5) is 26.0. The molecule has 0 N–H and O–H groups in total. The first-order valence-electron chi connectivity index (χ1n) is 10.9. The fourth-order valence-corrected chi connectivity index (χ4v) is 4.62. The predicted molar refractivity (Wildman–Crippen MR) is 125 cm³/mol. The number of hydrogen-bond acceptors (Lipinski definition) is 3. The number of non-ortho nitro benzene ring substituents is 1. The zero-order valence-electron chi connectivity index (χ0n) is 17.8. The summed E-state index contributed by atoms with van der Waals surface area (Å²) < 4.78 is 2.14. The van der Waals surface area contributed by atoms with Crippen LogP contribution in [0.1, 0.15) is 53.7 Å². The van der Waals surface area contributed by atoms with Gasteiger partial charge in [0.25, 0.3) is 11.6 Å². The SMILES string of the molecule is O=C(c1ccc([N+](=O)[O-])cc1)N(Cc1cccn1Cc1cccc(Cl)c1)C1CCCCC1. The van der Waals surface area contributed by atoms with Gasteiger partial charge in [-0.15, -0.1) is 0 Å². The molecule has 1 aliphatic rings. The van der Waals surface area contributed by atoms with E-state index in [1.807, 2.05) is 47.5 Å². The van der Waals surface area contributed by atoms with Gasteiger partial charge >= 0.3 is 0 Å². The van der Waals surface area contributed by atoms with Gasteiger partial charge in [-0.1, -0.05) is 43.0 Å². The topological polar surface area (TPSA) is 68.4 Å². The van der Waals surface area contributed by atoms with Crippen molar-refractivity contribution < 1.29 is 9.72 Å². The number of hydrogen-bond donors (Lipinski definition) is 0. The molecule has 166 valence electrons. The van der Waals surface area contributed by atoms with E-state index >= 15 is 0 Å². The summed E-state index contributed by atoms with van der Waals surface area (Å²) in [5, 5.41) is 11.7. The van der Waals surface area contributed by atoms with Crippen LogP contribution in [0.5, 0.6) is 0 Å². The number of carbonyl (C=O) groups excluding carboxylic acids is 1. The van der Waals surface area contributed by atoms with Crippen molar-refractivity contribution in [3.8, 4) is 0 Å². The number of halogens is 1. The lowest BCUT2D eigenvalue weighted by Gasteiger charge is -2.35. The van der Waals surface area contributed by atoms with Crippen molar-refractivity contribution in [2.45, 2.75) is 51.2 Å². The van der Waals surface area contributed by atoms with E-state index in [1.165, 1.54) is 18.6 Å². The van der Waals surface area contributed by atoms with Crippen molar-refractivity contribution in [2.24, 2.45) is 0 Å². The second-order valence-corrected chi connectivity index (χ2v) is 8.72. The van der Waals surface area contributed by atoms with Crippen molar-refractivity contribution in [2.75, 3.05) is 0 Å². The van der Waals surface area contributed by atoms with Crippen LogP contribution in [0.4, 0.5) is 5.69 Å². The third-order valence-corrected chi connectivity index (χ3v) is 6.33. The van der Waals surface area contributed by atoms with Crippen LogP contribution in [0.2, 0.25) is 5.02 Å². The van der Waals surface area contributed by atoms with E-state index < -0.39 is 4.92 Å². The highest BCUT2D eigenvalue weighted by Crippen LogP contribution is 2.27. The molecule has 1 amide bonds. The maximum atomic E-state index is 13.5. The lowest BCUT2D eigenvalue weighted by Crippen LogP contribution is -2.41. The quantitative estimate of drug-likeness (QED) is 0.323. The van der Waals surface area contributed by atoms with Crippen LogP contribution >= 0.6 is 11.6 Å². The summed E-state index contributed by atoms with van der Waals surface area (Å²) in [7, 11) is 0. The third-order valence-electron chi connectivity index (χ3n) is 6.10. The Balaban J connectivity index is 1.58. The van der Waals surface area contributed by atoms with Gasteiger partial charge in [-0.2, -0.15) is 0 Å². The van der Waals surface area contributed by atoms with Gasteiger partial charge in [0.1, 0.15) is 0 Å². The molecule has 0 spiro atoms. The van der Waals surface area contributed by atoms with E-state index in [1.54, 1.807) is 12.1 Å². The molecule has 0 saturated heterocycles. The number of nitro groups is 1. The maximum Gasteiger partial charge on any atom is 0.269 e. The fourth-order valence-electron chi connectivity index (χ4n) is 4.40. The highest BCUT2D eigenvalue weighted by atomic mass is 35.5. The molecular formula is C25H26ClN3O3. The molecule has 6 nitrogen and oxygen atoms in total. The number of nitro benzene ring substituents is 1. The zero-order valence-corrected chi connectivity index (χ0v) is 18.6. The third kappa shape index (κ3) is 5.19. The van der Waals surface area contributed by atoms with Gasteiger partial charge in [-0.25, -0.2) is 0 Å². The molecule has 0 unspecified atom stereocenters. The van der Waals surface area contributed by atoms with Gasteiger partial charge in [0.15, 0.2) is 0 Å². The molecule has 7 heteroatoms. The van der Waals surface area contributed by atoms with Crippen molar-refractivity contribution >= 4 is 23.2 Å². The van der Waals surface area contributed by atoms with Gasteiger partial charge in [0.2, 0.25) is 0 Å². The Kier molecular flexibility index (Phi) is 6.90. The maximum absolute atomic E-state index is 13.5. The first kappa shape index (κ1) is 22.1. The molecule has 1 aromatic heterocycles. The van der Waals surface area contributed by atoms with Crippen LogP contribution in [0, 0.1) is 10.1 Å². The molecule has 0 atom stereocenters. The Labute approximate surface area is 192 Å². The highest BCUT2D eigenvalue weighted by Gasteiger charge is 2.27. The van der Waals surface area contributed by atoms with E-state index in [0.29, 0.717) is 23.7 Å².